The number of rotatable bonds is 9. The van der Waals surface area contributed by atoms with Crippen molar-refractivity contribution in [2.45, 2.75) is 51.8 Å². The minimum atomic E-state index is -0.151. The van der Waals surface area contributed by atoms with E-state index in [1.807, 2.05) is 43.3 Å². The Morgan fingerprint density at radius 3 is 2.83 bits per heavy atom. The number of aromatic amines is 1. The smallest absolute Gasteiger partial charge is 0.251 e. The van der Waals surface area contributed by atoms with Crippen molar-refractivity contribution in [2.24, 2.45) is 0 Å². The number of hydrogen-bond acceptors (Lipinski definition) is 4. The first-order valence-corrected chi connectivity index (χ1v) is 12.4. The molecule has 6 nitrogen and oxygen atoms in total. The van der Waals surface area contributed by atoms with Crippen molar-refractivity contribution < 1.29 is 13.9 Å². The Hall–Kier alpha value is -3.51. The number of nitrogens with one attached hydrogen (secondary N) is 2. The molecule has 1 aliphatic rings. The Bertz CT molecular complexity index is 1290. The van der Waals surface area contributed by atoms with Gasteiger partial charge in [0.1, 0.15) is 11.9 Å². The van der Waals surface area contributed by atoms with E-state index < -0.39 is 0 Å². The highest BCUT2D eigenvalue weighted by Crippen LogP contribution is 2.29. The molecule has 0 unspecified atom stereocenters. The van der Waals surface area contributed by atoms with Crippen molar-refractivity contribution in [3.63, 3.8) is 0 Å². The van der Waals surface area contributed by atoms with E-state index in [1.165, 1.54) is 35.0 Å². The Labute approximate surface area is 206 Å². The van der Waals surface area contributed by atoms with Crippen molar-refractivity contribution >= 4 is 16.8 Å². The zero-order valence-electron chi connectivity index (χ0n) is 20.5. The number of benzene rings is 2. The Morgan fingerprint density at radius 1 is 1.11 bits per heavy atom. The summed E-state index contributed by atoms with van der Waals surface area (Å²) in [5, 5.41) is 4.22. The average molecular weight is 472 g/mol. The van der Waals surface area contributed by atoms with Gasteiger partial charge in [0, 0.05) is 40.8 Å². The van der Waals surface area contributed by atoms with Gasteiger partial charge in [0.25, 0.3) is 5.91 Å². The van der Waals surface area contributed by atoms with Crippen LogP contribution in [0.1, 0.15) is 52.5 Å². The number of carbonyl (C=O) groups is 1. The fraction of sp³-hybridized carbons (Fsp3) is 0.345. The van der Waals surface area contributed by atoms with Gasteiger partial charge in [-0.15, -0.1) is 0 Å². The van der Waals surface area contributed by atoms with Crippen LogP contribution in [0.2, 0.25) is 0 Å². The highest BCUT2D eigenvalue weighted by Gasteiger charge is 2.17. The molecule has 0 spiro atoms. The molecule has 182 valence electrons. The van der Waals surface area contributed by atoms with Crippen LogP contribution in [0.3, 0.4) is 0 Å². The second-order valence-electron chi connectivity index (χ2n) is 9.64. The fourth-order valence-electron chi connectivity index (χ4n) is 4.94. The SMILES string of the molecule is C[C@H](CNC(=O)c1ccc2[nH]c3c(c2c1)CCCC3)Oc1cccc(CN(C)Cc2ccoc2)c1. The van der Waals surface area contributed by atoms with Crippen LogP contribution >= 0.6 is 0 Å². The maximum absolute atomic E-state index is 12.9. The quantitative estimate of drug-likeness (QED) is 0.340. The molecule has 2 N–H and O–H groups in total. The lowest BCUT2D eigenvalue weighted by Gasteiger charge is -2.18. The summed E-state index contributed by atoms with van der Waals surface area (Å²) in [4.78, 5) is 18.6. The van der Waals surface area contributed by atoms with Crippen LogP contribution in [0.4, 0.5) is 0 Å². The van der Waals surface area contributed by atoms with Gasteiger partial charge in [0.15, 0.2) is 0 Å². The number of fused-ring (bicyclic) bond motifs is 3. The molecule has 1 atom stereocenters. The maximum Gasteiger partial charge on any atom is 0.251 e. The monoisotopic (exact) mass is 471 g/mol. The summed E-state index contributed by atoms with van der Waals surface area (Å²) in [5.41, 5.74) is 6.86. The lowest BCUT2D eigenvalue weighted by molar-refractivity contribution is 0.0932. The molecule has 1 aliphatic carbocycles. The zero-order valence-corrected chi connectivity index (χ0v) is 20.5. The number of aryl methyl sites for hydroxylation is 2. The van der Waals surface area contributed by atoms with Crippen molar-refractivity contribution in [2.75, 3.05) is 13.6 Å². The van der Waals surface area contributed by atoms with Gasteiger partial charge in [-0.05, 0) is 87.2 Å². The van der Waals surface area contributed by atoms with E-state index in [9.17, 15) is 4.79 Å². The average Bonchev–Trinajstić information content (AvgIpc) is 3.49. The van der Waals surface area contributed by atoms with E-state index in [4.69, 9.17) is 9.15 Å². The van der Waals surface area contributed by atoms with Gasteiger partial charge in [-0.3, -0.25) is 9.69 Å². The number of ether oxygens (including phenoxy) is 1. The van der Waals surface area contributed by atoms with E-state index in [0.29, 0.717) is 12.1 Å². The van der Waals surface area contributed by atoms with Gasteiger partial charge in [0.05, 0.1) is 19.1 Å². The standard InChI is InChI=1S/C29H33N3O3/c1-20(35-24-7-5-6-21(14-24)17-32(2)18-22-12-13-34-19-22)16-30-29(33)23-10-11-28-26(15-23)25-8-3-4-9-27(25)31-28/h5-7,10-15,19-20,31H,3-4,8-9,16-18H2,1-2H3,(H,30,33)/t20-/m1/s1. The molecule has 6 heteroatoms. The van der Waals surface area contributed by atoms with E-state index in [1.54, 1.807) is 12.5 Å². The molecule has 2 aromatic carbocycles. The molecular formula is C29H33N3O3. The molecule has 0 saturated carbocycles. The maximum atomic E-state index is 12.9. The fourth-order valence-corrected chi connectivity index (χ4v) is 4.94. The van der Waals surface area contributed by atoms with Crippen LogP contribution in [0, 0.1) is 0 Å². The van der Waals surface area contributed by atoms with Gasteiger partial charge >= 0.3 is 0 Å². The zero-order chi connectivity index (χ0) is 24.2. The van der Waals surface area contributed by atoms with Crippen LogP contribution in [-0.4, -0.2) is 35.5 Å². The minimum absolute atomic E-state index is 0.0669. The van der Waals surface area contributed by atoms with E-state index in [2.05, 4.69) is 34.4 Å². The third-order valence-corrected chi connectivity index (χ3v) is 6.63. The van der Waals surface area contributed by atoms with Gasteiger partial charge in [-0.2, -0.15) is 0 Å². The second-order valence-corrected chi connectivity index (χ2v) is 9.64. The third kappa shape index (κ3) is 5.60. The van der Waals surface area contributed by atoms with E-state index in [0.717, 1.165) is 42.8 Å². The summed E-state index contributed by atoms with van der Waals surface area (Å²) >= 11 is 0. The van der Waals surface area contributed by atoms with Crippen molar-refractivity contribution in [1.29, 1.82) is 0 Å². The number of carbonyl (C=O) groups excluding carboxylic acids is 1. The van der Waals surface area contributed by atoms with Crippen molar-refractivity contribution in [1.82, 2.24) is 15.2 Å². The molecule has 2 heterocycles. The van der Waals surface area contributed by atoms with Crippen LogP contribution in [0.5, 0.6) is 5.75 Å². The predicted octanol–water partition coefficient (Wildman–Crippen LogP) is 5.47. The number of furan rings is 1. The van der Waals surface area contributed by atoms with Gasteiger partial charge in [-0.25, -0.2) is 0 Å². The molecule has 5 rings (SSSR count). The largest absolute Gasteiger partial charge is 0.489 e. The van der Waals surface area contributed by atoms with Gasteiger partial charge in [0.2, 0.25) is 0 Å². The minimum Gasteiger partial charge on any atom is -0.489 e. The highest BCUT2D eigenvalue weighted by molar-refractivity contribution is 5.99. The first-order chi connectivity index (χ1) is 17.0. The van der Waals surface area contributed by atoms with Gasteiger partial charge < -0.3 is 19.5 Å². The predicted molar refractivity (Wildman–Crippen MR) is 138 cm³/mol. The number of amides is 1. The first kappa shape index (κ1) is 23.2. The Balaban J connectivity index is 1.15. The first-order valence-electron chi connectivity index (χ1n) is 12.4. The number of nitrogens with zero attached hydrogens (tertiary/aromatic N) is 1. The van der Waals surface area contributed by atoms with Crippen molar-refractivity contribution in [3.8, 4) is 5.75 Å². The van der Waals surface area contributed by atoms with Crippen LogP contribution < -0.4 is 10.1 Å². The molecule has 0 bridgehead atoms. The summed E-state index contributed by atoms with van der Waals surface area (Å²) < 4.78 is 11.3. The lowest BCUT2D eigenvalue weighted by atomic mass is 9.95. The molecule has 4 aromatic rings. The summed E-state index contributed by atoms with van der Waals surface area (Å²) in [5.74, 6) is 0.740. The molecule has 0 fully saturated rings. The van der Waals surface area contributed by atoms with Crippen LogP contribution in [0.25, 0.3) is 10.9 Å². The topological polar surface area (TPSA) is 70.5 Å². The van der Waals surface area contributed by atoms with E-state index >= 15 is 0 Å². The van der Waals surface area contributed by atoms with Gasteiger partial charge in [-0.1, -0.05) is 12.1 Å². The summed E-state index contributed by atoms with van der Waals surface area (Å²) in [7, 11) is 2.08. The summed E-state index contributed by atoms with van der Waals surface area (Å²) in [6.07, 6.45) is 7.95. The normalized spacial score (nSPS) is 14.1. The highest BCUT2D eigenvalue weighted by atomic mass is 16.5. The number of H-pyrrole nitrogens is 1. The second kappa shape index (κ2) is 10.4. The van der Waals surface area contributed by atoms with Crippen LogP contribution in [-0.2, 0) is 25.9 Å². The Morgan fingerprint density at radius 2 is 1.97 bits per heavy atom. The molecular weight excluding hydrogens is 438 g/mol. The Kier molecular flexibility index (Phi) is 6.91. The van der Waals surface area contributed by atoms with E-state index in [-0.39, 0.29) is 12.0 Å². The lowest BCUT2D eigenvalue weighted by Crippen LogP contribution is -2.33. The molecule has 35 heavy (non-hydrogen) atoms. The summed E-state index contributed by atoms with van der Waals surface area (Å²) in [6, 6.07) is 16.1. The molecule has 1 amide bonds. The number of hydrogen-bond donors (Lipinski definition) is 2. The van der Waals surface area contributed by atoms with Crippen LogP contribution in [0.15, 0.2) is 65.5 Å². The molecule has 0 aliphatic heterocycles. The molecule has 0 radical (unpaired) electrons. The third-order valence-electron chi connectivity index (χ3n) is 6.63. The van der Waals surface area contributed by atoms with Crippen molar-refractivity contribution in [3.05, 3.63) is 89.0 Å². The molecule has 2 aromatic heterocycles. The summed E-state index contributed by atoms with van der Waals surface area (Å²) in [6.45, 7) is 4.04. The number of aromatic nitrogens is 1. The molecule has 0 saturated heterocycles.